The Morgan fingerprint density at radius 3 is 2.56 bits per heavy atom. The molecule has 5 nitrogen and oxygen atoms in total. The maximum absolute atomic E-state index is 12.3. The number of benzene rings is 1. The number of rotatable bonds is 4. The van der Waals surface area contributed by atoms with E-state index in [0.717, 1.165) is 16.7 Å². The second kappa shape index (κ2) is 6.65. The molecule has 2 heterocycles. The lowest BCUT2D eigenvalue weighted by atomic mass is 10.2. The highest BCUT2D eigenvalue weighted by Crippen LogP contribution is 2.27. The molecular formula is C18H18N2O3S2. The Morgan fingerprint density at radius 2 is 1.88 bits per heavy atom. The van der Waals surface area contributed by atoms with Gasteiger partial charge in [0.15, 0.2) is 9.84 Å². The summed E-state index contributed by atoms with van der Waals surface area (Å²) < 4.78 is 24.8. The Labute approximate surface area is 150 Å². The first-order chi connectivity index (χ1) is 11.8. The van der Waals surface area contributed by atoms with E-state index < -0.39 is 9.84 Å². The minimum absolute atomic E-state index is 0.201. The lowest BCUT2D eigenvalue weighted by Crippen LogP contribution is -2.08. The molecule has 130 valence electrons. The van der Waals surface area contributed by atoms with Crippen molar-refractivity contribution in [2.45, 2.75) is 31.6 Å². The molecule has 1 aromatic carbocycles. The fourth-order valence-corrected chi connectivity index (χ4v) is 4.28. The third kappa shape index (κ3) is 3.77. The van der Waals surface area contributed by atoms with E-state index in [1.807, 2.05) is 26.0 Å². The third-order valence-corrected chi connectivity index (χ3v) is 5.93. The summed E-state index contributed by atoms with van der Waals surface area (Å²) in [4.78, 5) is 21.2. The maximum Gasteiger partial charge on any atom is 0.279 e. The molecule has 0 aliphatic rings. The van der Waals surface area contributed by atoms with E-state index in [2.05, 4.69) is 9.97 Å². The van der Waals surface area contributed by atoms with E-state index in [4.69, 9.17) is 0 Å². The first kappa shape index (κ1) is 17.7. The Balaban J connectivity index is 2.26. The number of hydrogen-bond acceptors (Lipinski definition) is 6. The fraction of sp³-hybridized carbons (Fsp3) is 0.278. The quantitative estimate of drug-likeness (QED) is 0.700. The van der Waals surface area contributed by atoms with Gasteiger partial charge in [-0.15, -0.1) is 11.3 Å². The zero-order valence-electron chi connectivity index (χ0n) is 14.2. The van der Waals surface area contributed by atoms with E-state index in [9.17, 15) is 13.2 Å². The van der Waals surface area contributed by atoms with Crippen molar-refractivity contribution >= 4 is 31.3 Å². The van der Waals surface area contributed by atoms with Crippen LogP contribution < -0.4 is 5.56 Å². The van der Waals surface area contributed by atoms with Gasteiger partial charge in [0, 0.05) is 16.6 Å². The lowest BCUT2D eigenvalue weighted by Gasteiger charge is -2.07. The largest absolute Gasteiger partial charge is 0.279 e. The highest BCUT2D eigenvalue weighted by molar-refractivity contribution is 7.90. The summed E-state index contributed by atoms with van der Waals surface area (Å²) in [7, 11) is -3.37. The van der Waals surface area contributed by atoms with Gasteiger partial charge in [0.2, 0.25) is 0 Å². The predicted octanol–water partition coefficient (Wildman–Crippen LogP) is 3.38. The van der Waals surface area contributed by atoms with E-state index in [0.29, 0.717) is 28.2 Å². The van der Waals surface area contributed by atoms with Crippen molar-refractivity contribution in [3.63, 3.8) is 0 Å². The number of fused-ring (bicyclic) bond motifs is 1. The zero-order valence-corrected chi connectivity index (χ0v) is 15.9. The summed E-state index contributed by atoms with van der Waals surface area (Å²) in [6.07, 6.45) is 2.68. The van der Waals surface area contributed by atoms with Gasteiger partial charge in [0.05, 0.1) is 10.3 Å². The molecular weight excluding hydrogens is 356 g/mol. The molecule has 25 heavy (non-hydrogen) atoms. The predicted molar refractivity (Wildman–Crippen MR) is 101 cm³/mol. The van der Waals surface area contributed by atoms with Gasteiger partial charge >= 0.3 is 0 Å². The van der Waals surface area contributed by atoms with E-state index in [1.54, 1.807) is 12.1 Å². The molecule has 3 rings (SSSR count). The first-order valence-electron chi connectivity index (χ1n) is 7.91. The van der Waals surface area contributed by atoms with Crippen molar-refractivity contribution in [3.05, 3.63) is 51.9 Å². The number of aryl methyl sites for hydroxylation is 2. The second-order valence-electron chi connectivity index (χ2n) is 6.03. The molecule has 0 aliphatic heterocycles. The Bertz CT molecular complexity index is 1120. The highest BCUT2D eigenvalue weighted by atomic mass is 32.2. The van der Waals surface area contributed by atoms with Gasteiger partial charge < -0.3 is 0 Å². The molecule has 0 saturated carbocycles. The van der Waals surface area contributed by atoms with Crippen LogP contribution in [0.4, 0.5) is 0 Å². The van der Waals surface area contributed by atoms with Crippen molar-refractivity contribution < 1.29 is 8.42 Å². The molecule has 7 heteroatoms. The summed E-state index contributed by atoms with van der Waals surface area (Å²) in [5.41, 5.74) is 1.83. The molecule has 0 N–H and O–H groups in total. The fourth-order valence-electron chi connectivity index (χ4n) is 2.55. The Kier molecular flexibility index (Phi) is 4.71. The van der Waals surface area contributed by atoms with Crippen LogP contribution in [0.2, 0.25) is 0 Å². The minimum atomic E-state index is -3.37. The van der Waals surface area contributed by atoms with E-state index in [1.165, 1.54) is 23.7 Å². The number of pyridine rings is 1. The topological polar surface area (TPSA) is 77.0 Å². The molecule has 0 saturated heterocycles. The Morgan fingerprint density at radius 1 is 1.12 bits per heavy atom. The number of aromatic nitrogens is 2. The smallest absolute Gasteiger partial charge is 0.267 e. The SMILES string of the molecule is CCCc1cc(S(C)(=O)=O)cc(-c2nc(=O)c3ccc(C)cc3s2)n1. The van der Waals surface area contributed by atoms with Crippen molar-refractivity contribution in [3.8, 4) is 10.7 Å². The van der Waals surface area contributed by atoms with Crippen molar-refractivity contribution in [1.82, 2.24) is 9.97 Å². The number of sulfone groups is 1. The van der Waals surface area contributed by atoms with Crippen molar-refractivity contribution in [2.75, 3.05) is 6.26 Å². The van der Waals surface area contributed by atoms with E-state index >= 15 is 0 Å². The van der Waals surface area contributed by atoms with Gasteiger partial charge in [-0.1, -0.05) is 19.4 Å². The van der Waals surface area contributed by atoms with Crippen LogP contribution in [0.1, 0.15) is 24.6 Å². The van der Waals surface area contributed by atoms with Gasteiger partial charge in [-0.05, 0) is 43.2 Å². The molecule has 0 unspecified atom stereocenters. The van der Waals surface area contributed by atoms with E-state index in [-0.39, 0.29) is 10.5 Å². The van der Waals surface area contributed by atoms with Gasteiger partial charge in [0.25, 0.3) is 5.56 Å². The average molecular weight is 374 g/mol. The normalized spacial score (nSPS) is 11.8. The monoisotopic (exact) mass is 374 g/mol. The summed E-state index contributed by atoms with van der Waals surface area (Å²) in [5.74, 6) is 0. The highest BCUT2D eigenvalue weighted by Gasteiger charge is 2.15. The molecule has 3 aromatic rings. The van der Waals surface area contributed by atoms with Gasteiger partial charge in [0.1, 0.15) is 10.7 Å². The second-order valence-corrected chi connectivity index (χ2v) is 9.07. The molecule has 0 amide bonds. The minimum Gasteiger partial charge on any atom is -0.267 e. The van der Waals surface area contributed by atoms with Crippen LogP contribution in [0.5, 0.6) is 0 Å². The molecule has 2 aromatic heterocycles. The Hall–Kier alpha value is -2.12. The molecule has 0 atom stereocenters. The standard InChI is InChI=1S/C18H18N2O3S2/c1-4-5-12-9-13(25(3,22)23)10-15(19-12)18-20-17(21)14-7-6-11(2)8-16(14)24-18/h6-10H,4-5H2,1-3H3. The summed E-state index contributed by atoms with van der Waals surface area (Å²) in [5, 5.41) is 0.998. The maximum atomic E-state index is 12.3. The summed E-state index contributed by atoms with van der Waals surface area (Å²) >= 11 is 1.35. The van der Waals surface area contributed by atoms with Crippen molar-refractivity contribution in [1.29, 1.82) is 0 Å². The third-order valence-electron chi connectivity index (χ3n) is 3.78. The van der Waals surface area contributed by atoms with Crippen LogP contribution in [-0.2, 0) is 16.3 Å². The number of hydrogen-bond donors (Lipinski definition) is 0. The summed E-state index contributed by atoms with van der Waals surface area (Å²) in [6, 6.07) is 8.66. The molecule has 0 radical (unpaired) electrons. The van der Waals surface area contributed by atoms with Crippen LogP contribution in [0.15, 0.2) is 40.0 Å². The van der Waals surface area contributed by atoms with Crippen LogP contribution >= 0.6 is 11.3 Å². The van der Waals surface area contributed by atoms with Gasteiger partial charge in [-0.25, -0.2) is 8.42 Å². The van der Waals surface area contributed by atoms with Gasteiger partial charge in [-0.3, -0.25) is 9.78 Å². The van der Waals surface area contributed by atoms with Crippen molar-refractivity contribution in [2.24, 2.45) is 0 Å². The first-order valence-corrected chi connectivity index (χ1v) is 10.6. The van der Waals surface area contributed by atoms with Crippen LogP contribution in [0.3, 0.4) is 0 Å². The summed E-state index contributed by atoms with van der Waals surface area (Å²) in [6.45, 7) is 3.96. The average Bonchev–Trinajstić information content (AvgIpc) is 2.53. The lowest BCUT2D eigenvalue weighted by molar-refractivity contribution is 0.601. The van der Waals surface area contributed by atoms with Gasteiger partial charge in [-0.2, -0.15) is 4.98 Å². The van der Waals surface area contributed by atoms with Crippen LogP contribution in [-0.4, -0.2) is 24.6 Å². The van der Waals surface area contributed by atoms with Crippen LogP contribution in [0.25, 0.3) is 20.8 Å². The molecule has 0 spiro atoms. The zero-order chi connectivity index (χ0) is 18.2. The molecule has 0 fully saturated rings. The van der Waals surface area contributed by atoms with Crippen LogP contribution in [0, 0.1) is 6.92 Å². The number of nitrogens with zero attached hydrogens (tertiary/aromatic N) is 2. The molecule has 0 bridgehead atoms. The molecule has 0 aliphatic carbocycles.